The van der Waals surface area contributed by atoms with Crippen LogP contribution in [0.2, 0.25) is 0 Å². The van der Waals surface area contributed by atoms with Crippen molar-refractivity contribution in [3.8, 4) is 5.75 Å². The first-order chi connectivity index (χ1) is 12.9. The third kappa shape index (κ3) is 4.65. The molecule has 0 radical (unpaired) electrons. The van der Waals surface area contributed by atoms with Crippen LogP contribution < -0.4 is 10.2 Å². The van der Waals surface area contributed by atoms with Gasteiger partial charge in [0.25, 0.3) is 0 Å². The average Bonchev–Trinajstić information content (AvgIpc) is 2.68. The minimum Gasteiger partial charge on any atom is -0.508 e. The number of phenols is 1. The third-order valence-corrected chi connectivity index (χ3v) is 4.99. The topological polar surface area (TPSA) is 72.9 Å². The number of nitrogens with zero attached hydrogens (tertiary/aromatic N) is 2. The number of ketones is 1. The number of nitrogens with one attached hydrogen (secondary N) is 1. The Kier molecular flexibility index (Phi) is 5.76. The van der Waals surface area contributed by atoms with Gasteiger partial charge in [-0.05, 0) is 50.2 Å². The van der Waals surface area contributed by atoms with E-state index in [4.69, 9.17) is 0 Å². The van der Waals surface area contributed by atoms with E-state index < -0.39 is 0 Å². The minimum absolute atomic E-state index is 0.0236. The van der Waals surface area contributed by atoms with Gasteiger partial charge in [0.1, 0.15) is 5.75 Å². The van der Waals surface area contributed by atoms with Crippen LogP contribution in [0.5, 0.6) is 5.75 Å². The van der Waals surface area contributed by atoms with Gasteiger partial charge >= 0.3 is 0 Å². The summed E-state index contributed by atoms with van der Waals surface area (Å²) in [6.45, 7) is 6.62. The van der Waals surface area contributed by atoms with E-state index in [1.54, 1.807) is 36.4 Å². The van der Waals surface area contributed by atoms with Crippen molar-refractivity contribution in [3.63, 3.8) is 0 Å². The lowest BCUT2D eigenvalue weighted by atomic mass is 10.1. The fourth-order valence-corrected chi connectivity index (χ4v) is 3.26. The van der Waals surface area contributed by atoms with Crippen LogP contribution in [-0.2, 0) is 4.79 Å². The van der Waals surface area contributed by atoms with E-state index in [2.05, 4.69) is 15.1 Å². The molecule has 2 aromatic carbocycles. The molecule has 0 spiro atoms. The Morgan fingerprint density at radius 2 is 1.70 bits per heavy atom. The molecule has 2 N–H and O–H groups in total. The van der Waals surface area contributed by atoms with E-state index in [9.17, 15) is 14.7 Å². The van der Waals surface area contributed by atoms with Crippen molar-refractivity contribution >= 4 is 23.1 Å². The Bertz CT molecular complexity index is 812. The number of benzene rings is 2. The van der Waals surface area contributed by atoms with Crippen LogP contribution in [0.1, 0.15) is 24.2 Å². The van der Waals surface area contributed by atoms with Gasteiger partial charge in [-0.3, -0.25) is 14.5 Å². The molecule has 6 nitrogen and oxygen atoms in total. The summed E-state index contributed by atoms with van der Waals surface area (Å²) in [4.78, 5) is 28.5. The predicted octanol–water partition coefficient (Wildman–Crippen LogP) is 2.74. The zero-order valence-corrected chi connectivity index (χ0v) is 15.7. The summed E-state index contributed by atoms with van der Waals surface area (Å²) >= 11 is 0. The summed E-state index contributed by atoms with van der Waals surface area (Å²) in [6.07, 6.45) is 0. The summed E-state index contributed by atoms with van der Waals surface area (Å²) in [5.74, 6) is 0.162. The first-order valence-electron chi connectivity index (χ1n) is 9.14. The Hall–Kier alpha value is -2.86. The van der Waals surface area contributed by atoms with E-state index in [1.165, 1.54) is 6.92 Å². The third-order valence-electron chi connectivity index (χ3n) is 4.99. The molecule has 1 amide bonds. The Balaban J connectivity index is 1.56. The number of carbonyl (C=O) groups is 2. The first kappa shape index (κ1) is 18.9. The standard InChI is InChI=1S/C21H25N3O3/c1-15(21(27)22-18-5-3-4-17(14-18)16(2)25)23-10-12-24(13-11-23)19-6-8-20(26)9-7-19/h3-9,14-15,26H,10-13H2,1-2H3,(H,22,27)/t15-/m1/s1. The molecule has 1 atom stereocenters. The van der Waals surface area contributed by atoms with E-state index in [0.29, 0.717) is 11.3 Å². The molecule has 0 aliphatic carbocycles. The largest absolute Gasteiger partial charge is 0.508 e. The molecule has 1 saturated heterocycles. The van der Waals surface area contributed by atoms with Crippen LogP contribution in [-0.4, -0.2) is 53.9 Å². The summed E-state index contributed by atoms with van der Waals surface area (Å²) < 4.78 is 0. The molecular weight excluding hydrogens is 342 g/mol. The highest BCUT2D eigenvalue weighted by Gasteiger charge is 2.25. The molecule has 2 aromatic rings. The zero-order chi connectivity index (χ0) is 19.4. The number of Topliss-reactive ketones (excluding diaryl/α,β-unsaturated/α-hetero) is 1. The van der Waals surface area contributed by atoms with Crippen LogP contribution in [0.25, 0.3) is 0 Å². The van der Waals surface area contributed by atoms with E-state index in [-0.39, 0.29) is 23.5 Å². The monoisotopic (exact) mass is 367 g/mol. The lowest BCUT2D eigenvalue weighted by Crippen LogP contribution is -2.52. The number of phenolic OH excluding ortho intramolecular Hbond substituents is 1. The number of carbonyl (C=O) groups excluding carboxylic acids is 2. The van der Waals surface area contributed by atoms with Gasteiger partial charge in [0.05, 0.1) is 6.04 Å². The van der Waals surface area contributed by atoms with Crippen LogP contribution >= 0.6 is 0 Å². The van der Waals surface area contributed by atoms with Gasteiger partial charge in [-0.1, -0.05) is 12.1 Å². The van der Waals surface area contributed by atoms with Gasteiger partial charge in [0, 0.05) is 43.1 Å². The molecule has 27 heavy (non-hydrogen) atoms. The summed E-state index contributed by atoms with van der Waals surface area (Å²) in [5, 5.41) is 12.3. The number of aromatic hydroxyl groups is 1. The molecule has 142 valence electrons. The van der Waals surface area contributed by atoms with Gasteiger partial charge in [-0.25, -0.2) is 0 Å². The molecule has 0 aromatic heterocycles. The summed E-state index contributed by atoms with van der Waals surface area (Å²) in [7, 11) is 0. The van der Waals surface area contributed by atoms with Crippen molar-refractivity contribution in [1.82, 2.24) is 4.90 Å². The predicted molar refractivity (Wildman–Crippen MR) is 106 cm³/mol. The van der Waals surface area contributed by atoms with E-state index in [1.807, 2.05) is 19.1 Å². The SMILES string of the molecule is CC(=O)c1cccc(NC(=O)[C@@H](C)N2CCN(c3ccc(O)cc3)CC2)c1. The second-order valence-corrected chi connectivity index (χ2v) is 6.84. The minimum atomic E-state index is -0.257. The summed E-state index contributed by atoms with van der Waals surface area (Å²) in [6, 6.07) is 13.9. The molecule has 0 saturated carbocycles. The van der Waals surface area contributed by atoms with Crippen molar-refractivity contribution in [2.75, 3.05) is 36.4 Å². The van der Waals surface area contributed by atoms with Crippen molar-refractivity contribution in [3.05, 3.63) is 54.1 Å². The van der Waals surface area contributed by atoms with Crippen LogP contribution in [0.15, 0.2) is 48.5 Å². The normalized spacial score (nSPS) is 16.0. The lowest BCUT2D eigenvalue weighted by molar-refractivity contribution is -0.120. The van der Waals surface area contributed by atoms with Crippen LogP contribution in [0.3, 0.4) is 0 Å². The number of piperazine rings is 1. The molecule has 0 unspecified atom stereocenters. The van der Waals surface area contributed by atoms with Gasteiger partial charge in [0.15, 0.2) is 5.78 Å². The number of rotatable bonds is 5. The Labute approximate surface area is 159 Å². The molecule has 1 heterocycles. The maximum atomic E-state index is 12.6. The lowest BCUT2D eigenvalue weighted by Gasteiger charge is -2.38. The van der Waals surface area contributed by atoms with Crippen molar-refractivity contribution < 1.29 is 14.7 Å². The van der Waals surface area contributed by atoms with Crippen molar-refractivity contribution in [2.45, 2.75) is 19.9 Å². The Morgan fingerprint density at radius 3 is 2.33 bits per heavy atom. The van der Waals surface area contributed by atoms with Crippen LogP contribution in [0.4, 0.5) is 11.4 Å². The number of hydrogen-bond acceptors (Lipinski definition) is 5. The van der Waals surface area contributed by atoms with Gasteiger partial charge < -0.3 is 15.3 Å². The Morgan fingerprint density at radius 1 is 1.04 bits per heavy atom. The number of anilines is 2. The maximum Gasteiger partial charge on any atom is 0.241 e. The zero-order valence-electron chi connectivity index (χ0n) is 15.7. The molecule has 1 aliphatic heterocycles. The van der Waals surface area contributed by atoms with E-state index in [0.717, 1.165) is 31.9 Å². The van der Waals surface area contributed by atoms with Gasteiger partial charge in [0.2, 0.25) is 5.91 Å². The number of hydrogen-bond donors (Lipinski definition) is 2. The molecule has 0 bridgehead atoms. The molecular formula is C21H25N3O3. The van der Waals surface area contributed by atoms with Crippen LogP contribution in [0, 0.1) is 0 Å². The fraction of sp³-hybridized carbons (Fsp3) is 0.333. The number of amides is 1. The molecule has 3 rings (SSSR count). The highest BCUT2D eigenvalue weighted by molar-refractivity contribution is 5.98. The second-order valence-electron chi connectivity index (χ2n) is 6.84. The first-order valence-corrected chi connectivity index (χ1v) is 9.14. The van der Waals surface area contributed by atoms with Gasteiger partial charge in [-0.15, -0.1) is 0 Å². The molecule has 1 aliphatic rings. The average molecular weight is 367 g/mol. The quantitative estimate of drug-likeness (QED) is 0.795. The second kappa shape index (κ2) is 8.22. The van der Waals surface area contributed by atoms with Crippen molar-refractivity contribution in [2.24, 2.45) is 0 Å². The molecule has 1 fully saturated rings. The van der Waals surface area contributed by atoms with Crippen molar-refractivity contribution in [1.29, 1.82) is 0 Å². The smallest absolute Gasteiger partial charge is 0.241 e. The van der Waals surface area contributed by atoms with Gasteiger partial charge in [-0.2, -0.15) is 0 Å². The summed E-state index contributed by atoms with van der Waals surface area (Å²) in [5.41, 5.74) is 2.30. The van der Waals surface area contributed by atoms with E-state index >= 15 is 0 Å². The molecule has 6 heteroatoms. The maximum absolute atomic E-state index is 12.6. The fourth-order valence-electron chi connectivity index (χ4n) is 3.26. The highest BCUT2D eigenvalue weighted by Crippen LogP contribution is 2.20. The highest BCUT2D eigenvalue weighted by atomic mass is 16.3.